The molecule has 3 aromatic rings. The van der Waals surface area contributed by atoms with Gasteiger partial charge >= 0.3 is 0 Å². The molecule has 0 saturated carbocycles. The summed E-state index contributed by atoms with van der Waals surface area (Å²) >= 11 is 0. The standard InChI is InChI=1S/C14H12FN5/c15-12-6-4-10(5-7-12)9-20-14(17-18-19-20)11-2-1-3-13(16)8-11/h1-8H,9,16H2. The highest BCUT2D eigenvalue weighted by atomic mass is 19.1. The molecule has 2 aromatic carbocycles. The highest BCUT2D eigenvalue weighted by Crippen LogP contribution is 2.19. The number of aromatic nitrogens is 4. The number of rotatable bonds is 3. The minimum Gasteiger partial charge on any atom is -0.399 e. The fourth-order valence-corrected chi connectivity index (χ4v) is 1.96. The van der Waals surface area contributed by atoms with Crippen molar-refractivity contribution in [1.82, 2.24) is 20.2 Å². The molecule has 3 rings (SSSR count). The number of hydrogen-bond acceptors (Lipinski definition) is 4. The van der Waals surface area contributed by atoms with Gasteiger partial charge in [-0.05, 0) is 40.3 Å². The Bertz CT molecular complexity index is 720. The molecule has 0 aliphatic carbocycles. The summed E-state index contributed by atoms with van der Waals surface area (Å²) in [5, 5.41) is 11.7. The van der Waals surface area contributed by atoms with E-state index < -0.39 is 0 Å². The number of halogens is 1. The molecule has 0 unspecified atom stereocenters. The normalized spacial score (nSPS) is 10.7. The van der Waals surface area contributed by atoms with E-state index in [2.05, 4.69) is 15.5 Å². The maximum Gasteiger partial charge on any atom is 0.182 e. The molecule has 0 radical (unpaired) electrons. The van der Waals surface area contributed by atoms with Crippen LogP contribution in [0.25, 0.3) is 11.4 Å². The van der Waals surface area contributed by atoms with Crippen molar-refractivity contribution in [3.8, 4) is 11.4 Å². The van der Waals surface area contributed by atoms with Crippen molar-refractivity contribution < 1.29 is 4.39 Å². The Morgan fingerprint density at radius 2 is 1.90 bits per heavy atom. The Hall–Kier alpha value is -2.76. The first kappa shape index (κ1) is 12.3. The molecule has 100 valence electrons. The number of nitrogen functional groups attached to an aromatic ring is 1. The Morgan fingerprint density at radius 1 is 1.10 bits per heavy atom. The first-order chi connectivity index (χ1) is 9.72. The molecule has 1 heterocycles. The zero-order chi connectivity index (χ0) is 13.9. The lowest BCUT2D eigenvalue weighted by Gasteiger charge is -2.05. The number of nitrogens with two attached hydrogens (primary N) is 1. The highest BCUT2D eigenvalue weighted by molar-refractivity contribution is 5.60. The largest absolute Gasteiger partial charge is 0.399 e. The van der Waals surface area contributed by atoms with Crippen molar-refractivity contribution in [1.29, 1.82) is 0 Å². The maximum atomic E-state index is 12.9. The van der Waals surface area contributed by atoms with Crippen LogP contribution in [0.15, 0.2) is 48.5 Å². The van der Waals surface area contributed by atoms with E-state index in [0.717, 1.165) is 11.1 Å². The van der Waals surface area contributed by atoms with Crippen molar-refractivity contribution in [2.45, 2.75) is 6.54 Å². The molecule has 0 spiro atoms. The molecule has 0 saturated heterocycles. The number of tetrazole rings is 1. The molecule has 0 amide bonds. The molecule has 1 aromatic heterocycles. The summed E-state index contributed by atoms with van der Waals surface area (Å²) in [6.45, 7) is 0.470. The van der Waals surface area contributed by atoms with Crippen LogP contribution in [0.5, 0.6) is 0 Å². The highest BCUT2D eigenvalue weighted by Gasteiger charge is 2.09. The second-order valence-electron chi connectivity index (χ2n) is 4.41. The lowest BCUT2D eigenvalue weighted by Crippen LogP contribution is -2.04. The molecule has 0 bridgehead atoms. The van der Waals surface area contributed by atoms with Gasteiger partial charge in [-0.2, -0.15) is 0 Å². The van der Waals surface area contributed by atoms with Crippen LogP contribution in [0.1, 0.15) is 5.56 Å². The summed E-state index contributed by atoms with van der Waals surface area (Å²) in [7, 11) is 0. The number of benzene rings is 2. The van der Waals surface area contributed by atoms with E-state index in [-0.39, 0.29) is 5.82 Å². The quantitative estimate of drug-likeness (QED) is 0.739. The fraction of sp³-hybridized carbons (Fsp3) is 0.0714. The fourth-order valence-electron chi connectivity index (χ4n) is 1.96. The average Bonchev–Trinajstić information content (AvgIpc) is 2.89. The Kier molecular flexibility index (Phi) is 3.12. The monoisotopic (exact) mass is 269 g/mol. The zero-order valence-corrected chi connectivity index (χ0v) is 10.6. The molecule has 0 atom stereocenters. The van der Waals surface area contributed by atoms with Crippen LogP contribution in [-0.4, -0.2) is 20.2 Å². The Labute approximate surface area is 114 Å². The van der Waals surface area contributed by atoms with Crippen LogP contribution in [-0.2, 0) is 6.54 Å². The van der Waals surface area contributed by atoms with Crippen LogP contribution in [0.3, 0.4) is 0 Å². The second kappa shape index (κ2) is 5.08. The molecule has 5 nitrogen and oxygen atoms in total. The second-order valence-corrected chi connectivity index (χ2v) is 4.41. The van der Waals surface area contributed by atoms with Crippen molar-refractivity contribution in [3.63, 3.8) is 0 Å². The van der Waals surface area contributed by atoms with E-state index in [1.807, 2.05) is 18.2 Å². The van der Waals surface area contributed by atoms with Crippen molar-refractivity contribution in [2.75, 3.05) is 5.73 Å². The lowest BCUT2D eigenvalue weighted by atomic mass is 10.2. The SMILES string of the molecule is Nc1cccc(-c2nnnn2Cc2ccc(F)cc2)c1. The van der Waals surface area contributed by atoms with Gasteiger partial charge in [-0.1, -0.05) is 24.3 Å². The van der Waals surface area contributed by atoms with Crippen molar-refractivity contribution >= 4 is 5.69 Å². The molecular formula is C14H12FN5. The zero-order valence-electron chi connectivity index (χ0n) is 10.6. The third-order valence-corrected chi connectivity index (χ3v) is 2.92. The van der Waals surface area contributed by atoms with Gasteiger partial charge in [0, 0.05) is 11.3 Å². The van der Waals surface area contributed by atoms with E-state index in [0.29, 0.717) is 18.1 Å². The van der Waals surface area contributed by atoms with Gasteiger partial charge in [-0.25, -0.2) is 9.07 Å². The molecule has 6 heteroatoms. The van der Waals surface area contributed by atoms with Crippen molar-refractivity contribution in [3.05, 3.63) is 59.9 Å². The summed E-state index contributed by atoms with van der Waals surface area (Å²) in [4.78, 5) is 0. The molecule has 0 fully saturated rings. The summed E-state index contributed by atoms with van der Waals surface area (Å²) in [6, 6.07) is 13.6. The summed E-state index contributed by atoms with van der Waals surface area (Å²) < 4.78 is 14.5. The minimum atomic E-state index is -0.262. The topological polar surface area (TPSA) is 69.6 Å². The van der Waals surface area contributed by atoms with E-state index in [1.54, 1.807) is 22.9 Å². The third-order valence-electron chi connectivity index (χ3n) is 2.92. The van der Waals surface area contributed by atoms with Gasteiger partial charge in [0.2, 0.25) is 0 Å². The van der Waals surface area contributed by atoms with Gasteiger partial charge < -0.3 is 5.73 Å². The number of nitrogens with zero attached hydrogens (tertiary/aromatic N) is 4. The van der Waals surface area contributed by atoms with Gasteiger partial charge in [-0.15, -0.1) is 5.10 Å². The van der Waals surface area contributed by atoms with E-state index in [4.69, 9.17) is 5.73 Å². The lowest BCUT2D eigenvalue weighted by molar-refractivity contribution is 0.622. The van der Waals surface area contributed by atoms with E-state index in [1.165, 1.54) is 12.1 Å². The van der Waals surface area contributed by atoms with E-state index in [9.17, 15) is 4.39 Å². The summed E-state index contributed by atoms with van der Waals surface area (Å²) in [6.07, 6.45) is 0. The molecule has 0 aliphatic heterocycles. The van der Waals surface area contributed by atoms with Crippen LogP contribution in [0, 0.1) is 5.82 Å². The summed E-state index contributed by atoms with van der Waals surface area (Å²) in [5.41, 5.74) is 8.18. The smallest absolute Gasteiger partial charge is 0.182 e. The van der Waals surface area contributed by atoms with Gasteiger partial charge in [0.05, 0.1) is 6.54 Å². The van der Waals surface area contributed by atoms with Gasteiger partial charge in [0.1, 0.15) is 5.82 Å². The molecular weight excluding hydrogens is 257 g/mol. The number of anilines is 1. The molecule has 20 heavy (non-hydrogen) atoms. The van der Waals surface area contributed by atoms with Gasteiger partial charge in [0.15, 0.2) is 5.82 Å². The first-order valence-corrected chi connectivity index (χ1v) is 6.09. The Balaban J connectivity index is 1.92. The van der Waals surface area contributed by atoms with Crippen LogP contribution in [0.4, 0.5) is 10.1 Å². The molecule has 0 aliphatic rings. The average molecular weight is 269 g/mol. The van der Waals surface area contributed by atoms with Crippen LogP contribution in [0.2, 0.25) is 0 Å². The first-order valence-electron chi connectivity index (χ1n) is 6.09. The van der Waals surface area contributed by atoms with Gasteiger partial charge in [-0.3, -0.25) is 0 Å². The predicted octanol–water partition coefficient (Wildman–Crippen LogP) is 2.11. The van der Waals surface area contributed by atoms with Gasteiger partial charge in [0.25, 0.3) is 0 Å². The van der Waals surface area contributed by atoms with Crippen LogP contribution >= 0.6 is 0 Å². The Morgan fingerprint density at radius 3 is 2.65 bits per heavy atom. The number of hydrogen-bond donors (Lipinski definition) is 1. The van der Waals surface area contributed by atoms with E-state index >= 15 is 0 Å². The maximum absolute atomic E-state index is 12.9. The minimum absolute atomic E-state index is 0.262. The van der Waals surface area contributed by atoms with Crippen molar-refractivity contribution in [2.24, 2.45) is 0 Å². The molecule has 2 N–H and O–H groups in total. The predicted molar refractivity (Wildman–Crippen MR) is 73.2 cm³/mol. The third kappa shape index (κ3) is 2.49. The summed E-state index contributed by atoms with van der Waals surface area (Å²) in [5.74, 6) is 0.364. The van der Waals surface area contributed by atoms with Crippen LogP contribution < -0.4 is 5.73 Å².